The number of halogens is 1. The number of amides is 2. The minimum absolute atomic E-state index is 0.0670. The number of aliphatic hydroxyl groups excluding tert-OH is 1. The van der Waals surface area contributed by atoms with Gasteiger partial charge in [-0.25, -0.2) is 18.7 Å². The van der Waals surface area contributed by atoms with E-state index in [-0.39, 0.29) is 18.4 Å². The highest BCUT2D eigenvalue weighted by atomic mass is 19.1. The van der Waals surface area contributed by atoms with Gasteiger partial charge >= 0.3 is 6.03 Å². The lowest BCUT2D eigenvalue weighted by Gasteiger charge is -2.28. The Morgan fingerprint density at radius 3 is 2.90 bits per heavy atom. The summed E-state index contributed by atoms with van der Waals surface area (Å²) in [4.78, 5) is 24.5. The summed E-state index contributed by atoms with van der Waals surface area (Å²) in [6, 6.07) is 3.81. The van der Waals surface area contributed by atoms with Crippen molar-refractivity contribution in [1.82, 2.24) is 24.5 Å². The van der Waals surface area contributed by atoms with Crippen LogP contribution in [0.1, 0.15) is 42.6 Å². The molecule has 2 unspecified atom stereocenters. The maximum absolute atomic E-state index is 13.4. The van der Waals surface area contributed by atoms with Crippen LogP contribution in [0.15, 0.2) is 36.8 Å². The molecule has 0 spiro atoms. The normalized spacial score (nSPS) is 24.1. The Morgan fingerprint density at radius 2 is 2.13 bits per heavy atom. The molecule has 5 heterocycles. The average molecular weight is 411 g/mol. The van der Waals surface area contributed by atoms with Gasteiger partial charge in [0.15, 0.2) is 11.5 Å². The maximum atomic E-state index is 13.4. The van der Waals surface area contributed by atoms with Crippen molar-refractivity contribution in [2.45, 2.75) is 37.5 Å². The Morgan fingerprint density at radius 1 is 1.27 bits per heavy atom. The zero-order chi connectivity index (χ0) is 20.8. The van der Waals surface area contributed by atoms with E-state index >= 15 is 0 Å². The van der Waals surface area contributed by atoms with Gasteiger partial charge in [0.1, 0.15) is 5.82 Å². The van der Waals surface area contributed by atoms with Crippen LogP contribution in [0.5, 0.6) is 0 Å². The van der Waals surface area contributed by atoms with E-state index in [0.717, 1.165) is 30.6 Å². The van der Waals surface area contributed by atoms with Gasteiger partial charge in [0.05, 0.1) is 35.6 Å². The van der Waals surface area contributed by atoms with Crippen LogP contribution in [0.3, 0.4) is 0 Å². The van der Waals surface area contributed by atoms with E-state index < -0.39 is 18.2 Å². The first-order chi connectivity index (χ1) is 14.5. The van der Waals surface area contributed by atoms with Crippen LogP contribution in [0.4, 0.5) is 15.0 Å². The van der Waals surface area contributed by atoms with E-state index in [9.17, 15) is 14.3 Å². The molecule has 3 aromatic heterocycles. The van der Waals surface area contributed by atoms with Crippen molar-refractivity contribution >= 4 is 17.5 Å². The fourth-order valence-corrected chi connectivity index (χ4v) is 4.65. The van der Waals surface area contributed by atoms with E-state index in [1.807, 2.05) is 0 Å². The zero-order valence-corrected chi connectivity index (χ0v) is 16.2. The Kier molecular flexibility index (Phi) is 4.50. The van der Waals surface area contributed by atoms with Crippen LogP contribution in [0, 0.1) is 5.82 Å². The topological polar surface area (TPSA) is 113 Å². The molecule has 10 heteroatoms. The SMILES string of the molecule is NC(=O)N1CC(O)CC1c1c(N2CCC[C@@H]2c2ccc(F)cn2)nn2cccnc12. The fourth-order valence-electron chi connectivity index (χ4n) is 4.65. The van der Waals surface area contributed by atoms with Crippen molar-refractivity contribution in [1.29, 1.82) is 0 Å². The largest absolute Gasteiger partial charge is 0.391 e. The van der Waals surface area contributed by atoms with Crippen LogP contribution in [0.25, 0.3) is 5.65 Å². The molecule has 2 fully saturated rings. The summed E-state index contributed by atoms with van der Waals surface area (Å²) in [7, 11) is 0. The highest BCUT2D eigenvalue weighted by Crippen LogP contribution is 2.43. The number of aliphatic hydroxyl groups is 1. The molecule has 2 aliphatic heterocycles. The second kappa shape index (κ2) is 7.21. The number of primary amides is 1. The number of rotatable bonds is 3. The lowest BCUT2D eigenvalue weighted by molar-refractivity contribution is 0.174. The Balaban J connectivity index is 1.63. The third-order valence-corrected chi connectivity index (χ3v) is 5.92. The molecule has 0 aliphatic carbocycles. The third kappa shape index (κ3) is 3.04. The summed E-state index contributed by atoms with van der Waals surface area (Å²) < 4.78 is 15.1. The average Bonchev–Trinajstić information content (AvgIpc) is 3.44. The van der Waals surface area contributed by atoms with Crippen LogP contribution >= 0.6 is 0 Å². The Labute approximate surface area is 171 Å². The fraction of sp³-hybridized carbons (Fsp3) is 0.400. The Hall–Kier alpha value is -3.27. The summed E-state index contributed by atoms with van der Waals surface area (Å²) in [6.45, 7) is 0.916. The molecule has 156 valence electrons. The lowest BCUT2D eigenvalue weighted by atomic mass is 10.0. The molecule has 2 saturated heterocycles. The quantitative estimate of drug-likeness (QED) is 0.679. The zero-order valence-electron chi connectivity index (χ0n) is 16.2. The number of likely N-dealkylation sites (tertiary alicyclic amines) is 1. The molecule has 3 atom stereocenters. The van der Waals surface area contributed by atoms with E-state index in [4.69, 9.17) is 10.8 Å². The molecule has 3 aromatic rings. The monoisotopic (exact) mass is 411 g/mol. The predicted octanol–water partition coefficient (Wildman–Crippen LogP) is 1.79. The number of hydrogen-bond donors (Lipinski definition) is 2. The molecule has 3 N–H and O–H groups in total. The number of hydrogen-bond acceptors (Lipinski definition) is 6. The van der Waals surface area contributed by atoms with Crippen LogP contribution in [0.2, 0.25) is 0 Å². The van der Waals surface area contributed by atoms with E-state index in [1.54, 1.807) is 29.0 Å². The summed E-state index contributed by atoms with van der Waals surface area (Å²) in [5, 5.41) is 15.0. The van der Waals surface area contributed by atoms with E-state index in [1.165, 1.54) is 17.2 Å². The summed E-state index contributed by atoms with van der Waals surface area (Å²) in [6.07, 6.45) is 6.18. The van der Waals surface area contributed by atoms with Gasteiger partial charge in [-0.3, -0.25) is 4.98 Å². The molecule has 0 radical (unpaired) electrons. The van der Waals surface area contributed by atoms with Crippen molar-refractivity contribution in [3.05, 3.63) is 53.9 Å². The number of carbonyl (C=O) groups excluding carboxylic acids is 1. The van der Waals surface area contributed by atoms with Gasteiger partial charge in [0.2, 0.25) is 0 Å². The number of pyridine rings is 1. The Bertz CT molecular complexity index is 1090. The van der Waals surface area contributed by atoms with Gasteiger partial charge in [0.25, 0.3) is 0 Å². The van der Waals surface area contributed by atoms with Crippen LogP contribution in [-0.4, -0.2) is 54.8 Å². The number of β-amino-alcohol motifs (C(OH)–C–C–N with tert-alkyl or cyclic N) is 1. The number of anilines is 1. The number of aromatic nitrogens is 4. The summed E-state index contributed by atoms with van der Waals surface area (Å²) in [5.74, 6) is 0.311. The molecule has 0 bridgehead atoms. The molecule has 0 aromatic carbocycles. The van der Waals surface area contributed by atoms with Crippen molar-refractivity contribution in [2.75, 3.05) is 18.0 Å². The van der Waals surface area contributed by atoms with E-state index in [2.05, 4.69) is 14.9 Å². The number of urea groups is 1. The van der Waals surface area contributed by atoms with Gasteiger partial charge < -0.3 is 20.6 Å². The van der Waals surface area contributed by atoms with E-state index in [0.29, 0.717) is 17.9 Å². The number of fused-ring (bicyclic) bond motifs is 1. The molecular formula is C20H22FN7O2. The second-order valence-corrected chi connectivity index (χ2v) is 7.77. The highest BCUT2D eigenvalue weighted by Gasteiger charge is 2.41. The highest BCUT2D eigenvalue weighted by molar-refractivity contribution is 5.75. The molecule has 5 rings (SSSR count). The van der Waals surface area contributed by atoms with Crippen molar-refractivity contribution < 1.29 is 14.3 Å². The number of nitrogens with zero attached hydrogens (tertiary/aromatic N) is 6. The standard InChI is InChI=1S/C20H22FN7O2/c21-12-4-5-14(24-10-12)15-3-1-7-26(15)19-17(18-23-6-2-8-28(18)25-19)16-9-13(29)11-27(16)20(22)30/h2,4-6,8,10,13,15-16,29H,1,3,7,9,11H2,(H2,22,30)/t13?,15-,16?/m1/s1. The third-order valence-electron chi connectivity index (χ3n) is 5.92. The molecule has 30 heavy (non-hydrogen) atoms. The van der Waals surface area contributed by atoms with Crippen molar-refractivity contribution in [2.24, 2.45) is 5.73 Å². The van der Waals surface area contributed by atoms with Gasteiger partial charge in [-0.1, -0.05) is 0 Å². The first-order valence-electron chi connectivity index (χ1n) is 9.98. The molecule has 0 saturated carbocycles. The second-order valence-electron chi connectivity index (χ2n) is 7.77. The van der Waals surface area contributed by atoms with Gasteiger partial charge in [-0.15, -0.1) is 5.10 Å². The van der Waals surface area contributed by atoms with Crippen molar-refractivity contribution in [3.63, 3.8) is 0 Å². The van der Waals surface area contributed by atoms with Gasteiger partial charge in [-0.2, -0.15) is 0 Å². The summed E-state index contributed by atoms with van der Waals surface area (Å²) in [5.41, 5.74) is 7.76. The first-order valence-corrected chi connectivity index (χ1v) is 9.98. The van der Waals surface area contributed by atoms with Crippen LogP contribution in [-0.2, 0) is 0 Å². The van der Waals surface area contributed by atoms with Crippen molar-refractivity contribution in [3.8, 4) is 0 Å². The minimum atomic E-state index is -0.665. The minimum Gasteiger partial charge on any atom is -0.391 e. The molecule has 2 aliphatic rings. The predicted molar refractivity (Wildman–Crippen MR) is 106 cm³/mol. The molecule has 9 nitrogen and oxygen atoms in total. The molecular weight excluding hydrogens is 389 g/mol. The lowest BCUT2D eigenvalue weighted by Crippen LogP contribution is -2.36. The van der Waals surface area contributed by atoms with Gasteiger partial charge in [-0.05, 0) is 31.0 Å². The van der Waals surface area contributed by atoms with Crippen LogP contribution < -0.4 is 10.6 Å². The number of nitrogens with two attached hydrogens (primary N) is 1. The summed E-state index contributed by atoms with van der Waals surface area (Å²) >= 11 is 0. The maximum Gasteiger partial charge on any atom is 0.315 e. The van der Waals surface area contributed by atoms with Gasteiger partial charge in [0, 0.05) is 31.9 Å². The smallest absolute Gasteiger partial charge is 0.315 e. The number of carbonyl (C=O) groups is 1. The molecule has 2 amide bonds. The first kappa shape index (κ1) is 18.7.